The molecule has 2 N–H and O–H groups in total. The van der Waals surface area contributed by atoms with Gasteiger partial charge in [0, 0.05) is 0 Å². The van der Waals surface area contributed by atoms with Gasteiger partial charge >= 0.3 is 5.76 Å². The Balaban J connectivity index is 1.93. The van der Waals surface area contributed by atoms with Gasteiger partial charge in [0.15, 0.2) is 5.58 Å². The first-order valence-corrected chi connectivity index (χ1v) is 6.27. The highest BCUT2D eigenvalue weighted by Crippen LogP contribution is 2.24. The van der Waals surface area contributed by atoms with Gasteiger partial charge in [-0.05, 0) is 24.7 Å². The van der Waals surface area contributed by atoms with Crippen LogP contribution in [0.15, 0.2) is 27.4 Å². The third-order valence-electron chi connectivity index (χ3n) is 3.33. The van der Waals surface area contributed by atoms with Crippen molar-refractivity contribution in [1.82, 2.24) is 10.3 Å². The first-order chi connectivity index (χ1) is 9.28. The van der Waals surface area contributed by atoms with Gasteiger partial charge in [-0.15, -0.1) is 0 Å². The molecule has 0 bridgehead atoms. The fraction of sp³-hybridized carbons (Fsp3) is 0.462. The first kappa shape index (κ1) is 12.4. The van der Waals surface area contributed by atoms with Crippen molar-refractivity contribution in [2.45, 2.75) is 12.1 Å². The number of benzene rings is 1. The van der Waals surface area contributed by atoms with Gasteiger partial charge in [0.25, 0.3) is 0 Å². The van der Waals surface area contributed by atoms with Crippen LogP contribution >= 0.6 is 0 Å². The lowest BCUT2D eigenvalue weighted by atomic mass is 10.0. The minimum Gasteiger partial charge on any atom is -0.408 e. The number of ether oxygens (including phenoxy) is 2. The molecule has 19 heavy (non-hydrogen) atoms. The third-order valence-corrected chi connectivity index (χ3v) is 3.33. The number of aromatic nitrogens is 1. The van der Waals surface area contributed by atoms with E-state index >= 15 is 0 Å². The lowest BCUT2D eigenvalue weighted by Gasteiger charge is -2.30. The number of fused-ring (bicyclic) bond motifs is 1. The number of oxazole rings is 1. The van der Waals surface area contributed by atoms with E-state index in [2.05, 4.69) is 10.3 Å². The summed E-state index contributed by atoms with van der Waals surface area (Å²) in [6.07, 6.45) is -0.0399. The van der Waals surface area contributed by atoms with E-state index in [1.165, 1.54) is 0 Å². The molecular formula is C13H16N2O4. The molecule has 0 amide bonds. The quantitative estimate of drug-likeness (QED) is 0.857. The zero-order valence-corrected chi connectivity index (χ0v) is 10.6. The van der Waals surface area contributed by atoms with Crippen molar-refractivity contribution >= 4 is 11.1 Å². The predicted molar refractivity (Wildman–Crippen MR) is 69.2 cm³/mol. The number of hydrogen-bond acceptors (Lipinski definition) is 5. The smallest absolute Gasteiger partial charge is 0.408 e. The van der Waals surface area contributed by atoms with Crippen LogP contribution in [0, 0.1) is 0 Å². The number of likely N-dealkylation sites (N-methyl/N-ethyl adjacent to an activating group) is 1. The number of rotatable bonds is 3. The predicted octanol–water partition coefficient (Wildman–Crippen LogP) is 0.797. The molecule has 2 aromatic rings. The fourth-order valence-electron chi connectivity index (χ4n) is 2.42. The van der Waals surface area contributed by atoms with Crippen molar-refractivity contribution in [1.29, 1.82) is 0 Å². The van der Waals surface area contributed by atoms with Gasteiger partial charge in [0.05, 0.1) is 31.4 Å². The van der Waals surface area contributed by atoms with E-state index in [9.17, 15) is 4.79 Å². The van der Waals surface area contributed by atoms with Crippen LogP contribution in [0.2, 0.25) is 0 Å². The number of H-pyrrole nitrogens is 1. The molecule has 2 heterocycles. The average molecular weight is 264 g/mol. The Morgan fingerprint density at radius 1 is 1.42 bits per heavy atom. The molecule has 6 heteroatoms. The molecule has 1 saturated heterocycles. The van der Waals surface area contributed by atoms with E-state index in [-0.39, 0.29) is 12.1 Å². The van der Waals surface area contributed by atoms with Crippen LogP contribution in [0.5, 0.6) is 0 Å². The number of nitrogens with one attached hydrogen (secondary N) is 2. The Labute approximate surface area is 109 Å². The average Bonchev–Trinajstić information content (AvgIpc) is 2.80. The van der Waals surface area contributed by atoms with Crippen LogP contribution in [-0.4, -0.2) is 38.0 Å². The molecule has 0 radical (unpaired) electrons. The molecule has 1 fully saturated rings. The van der Waals surface area contributed by atoms with Gasteiger partial charge in [-0.25, -0.2) is 4.79 Å². The van der Waals surface area contributed by atoms with Crippen molar-refractivity contribution in [3.63, 3.8) is 0 Å². The monoisotopic (exact) mass is 264 g/mol. The Morgan fingerprint density at radius 3 is 3.05 bits per heavy atom. The second-order valence-corrected chi connectivity index (χ2v) is 4.52. The Morgan fingerprint density at radius 2 is 2.32 bits per heavy atom. The lowest BCUT2D eigenvalue weighted by molar-refractivity contribution is -0.101. The van der Waals surface area contributed by atoms with Gasteiger partial charge in [0.2, 0.25) is 0 Å². The molecule has 0 aliphatic carbocycles. The van der Waals surface area contributed by atoms with Crippen LogP contribution in [0.1, 0.15) is 11.6 Å². The number of hydrogen-bond donors (Lipinski definition) is 2. The summed E-state index contributed by atoms with van der Waals surface area (Å²) in [5.74, 6) is -0.439. The normalized spacial score (nSPS) is 21.6. The molecule has 3 rings (SSSR count). The Kier molecular flexibility index (Phi) is 3.37. The van der Waals surface area contributed by atoms with Crippen molar-refractivity contribution in [3.8, 4) is 0 Å². The zero-order chi connectivity index (χ0) is 13.2. The van der Waals surface area contributed by atoms with E-state index in [0.717, 1.165) is 5.56 Å². The minimum absolute atomic E-state index is 0.00454. The maximum absolute atomic E-state index is 11.2. The minimum atomic E-state index is -0.439. The molecule has 1 aliphatic rings. The van der Waals surface area contributed by atoms with E-state index in [1.807, 2.05) is 25.2 Å². The summed E-state index contributed by atoms with van der Waals surface area (Å²) in [7, 11) is 1.88. The second-order valence-electron chi connectivity index (χ2n) is 4.52. The van der Waals surface area contributed by atoms with Gasteiger partial charge in [-0.2, -0.15) is 0 Å². The van der Waals surface area contributed by atoms with Gasteiger partial charge in [-0.1, -0.05) is 6.07 Å². The van der Waals surface area contributed by atoms with Crippen molar-refractivity contribution in [2.75, 3.05) is 26.9 Å². The van der Waals surface area contributed by atoms with E-state index < -0.39 is 5.76 Å². The summed E-state index contributed by atoms with van der Waals surface area (Å²) in [4.78, 5) is 13.8. The molecule has 2 atom stereocenters. The third kappa shape index (κ3) is 2.42. The summed E-state index contributed by atoms with van der Waals surface area (Å²) >= 11 is 0. The molecular weight excluding hydrogens is 248 g/mol. The topological polar surface area (TPSA) is 76.5 Å². The second kappa shape index (κ2) is 5.16. The Hall–Kier alpha value is -1.63. The molecule has 102 valence electrons. The SMILES string of the molecule is CNC(c1ccc2[nH]c(=O)oc2c1)C1COCCO1. The molecule has 1 aliphatic heterocycles. The van der Waals surface area contributed by atoms with Crippen LogP contribution in [0.3, 0.4) is 0 Å². The summed E-state index contributed by atoms with van der Waals surface area (Å²) in [6.45, 7) is 1.80. The van der Waals surface area contributed by atoms with Crippen LogP contribution in [0.25, 0.3) is 11.1 Å². The largest absolute Gasteiger partial charge is 0.417 e. The molecule has 0 spiro atoms. The fourth-order valence-corrected chi connectivity index (χ4v) is 2.42. The highest BCUT2D eigenvalue weighted by Gasteiger charge is 2.25. The standard InChI is InChI=1S/C13H16N2O4/c1-14-12(11-7-17-4-5-18-11)8-2-3-9-10(6-8)19-13(16)15-9/h2-3,6,11-12,14H,4-5,7H2,1H3,(H,15,16). The highest BCUT2D eigenvalue weighted by molar-refractivity contribution is 5.72. The summed E-state index contributed by atoms with van der Waals surface area (Å²) in [5.41, 5.74) is 2.26. The zero-order valence-electron chi connectivity index (χ0n) is 10.6. The van der Waals surface area contributed by atoms with Gasteiger partial charge in [-0.3, -0.25) is 4.98 Å². The van der Waals surface area contributed by atoms with Gasteiger partial charge in [0.1, 0.15) is 6.10 Å². The first-order valence-electron chi connectivity index (χ1n) is 6.27. The molecule has 1 aromatic carbocycles. The lowest BCUT2D eigenvalue weighted by Crippen LogP contribution is -2.39. The van der Waals surface area contributed by atoms with Gasteiger partial charge < -0.3 is 19.2 Å². The highest BCUT2D eigenvalue weighted by atomic mass is 16.6. The molecule has 2 unspecified atom stereocenters. The van der Waals surface area contributed by atoms with Crippen molar-refractivity contribution < 1.29 is 13.9 Å². The van der Waals surface area contributed by atoms with Crippen LogP contribution in [0.4, 0.5) is 0 Å². The summed E-state index contributed by atoms with van der Waals surface area (Å²) in [6, 6.07) is 5.65. The van der Waals surface area contributed by atoms with E-state index in [4.69, 9.17) is 13.9 Å². The molecule has 1 aromatic heterocycles. The van der Waals surface area contributed by atoms with E-state index in [0.29, 0.717) is 30.9 Å². The summed E-state index contributed by atoms with van der Waals surface area (Å²) in [5, 5.41) is 3.22. The number of aromatic amines is 1. The van der Waals surface area contributed by atoms with Crippen molar-refractivity contribution in [3.05, 3.63) is 34.3 Å². The molecule has 6 nitrogen and oxygen atoms in total. The Bertz CT molecular complexity index is 612. The maximum atomic E-state index is 11.2. The summed E-state index contributed by atoms with van der Waals surface area (Å²) < 4.78 is 16.2. The maximum Gasteiger partial charge on any atom is 0.417 e. The van der Waals surface area contributed by atoms with Crippen LogP contribution < -0.4 is 11.1 Å². The molecule has 0 saturated carbocycles. The van der Waals surface area contributed by atoms with Crippen molar-refractivity contribution in [2.24, 2.45) is 0 Å². The van der Waals surface area contributed by atoms with Crippen LogP contribution in [-0.2, 0) is 9.47 Å². The van der Waals surface area contributed by atoms with E-state index in [1.54, 1.807) is 0 Å².